The Morgan fingerprint density at radius 3 is 0.933 bits per heavy atom. The van der Waals surface area contributed by atoms with E-state index in [9.17, 15) is 39.6 Å². The van der Waals surface area contributed by atoms with Crippen LogP contribution in [0.5, 0.6) is 0 Å². The largest absolute Gasteiger partial charge is 1.00 e. The summed E-state index contributed by atoms with van der Waals surface area (Å²) in [6.07, 6.45) is 0. The van der Waals surface area contributed by atoms with Crippen LogP contribution in [0.25, 0.3) is 44.5 Å². The summed E-state index contributed by atoms with van der Waals surface area (Å²) in [6.45, 7) is 22.1. The summed E-state index contributed by atoms with van der Waals surface area (Å²) < 4.78 is 0. The zero-order chi connectivity index (χ0) is 52.9. The van der Waals surface area contributed by atoms with Gasteiger partial charge in [-0.05, 0) is 185 Å². The number of hydrogen-bond donors (Lipinski definition) is 4. The smallest absolute Gasteiger partial charge is 1.00 e. The van der Waals surface area contributed by atoms with Gasteiger partial charge >= 0.3 is 75.3 Å². The van der Waals surface area contributed by atoms with E-state index < -0.39 is 51.5 Å². The molecule has 370 valence electrons. The molecule has 4 aliphatic carbocycles. The van der Waals surface area contributed by atoms with Crippen molar-refractivity contribution in [2.45, 2.75) is 90.9 Å². The second-order valence-electron chi connectivity index (χ2n) is 22.7. The number of hydrogen-bond acceptors (Lipinski definition) is 4. The molecule has 4 aliphatic rings. The van der Waals surface area contributed by atoms with Crippen LogP contribution in [0.2, 0.25) is 0 Å². The van der Waals surface area contributed by atoms with Crippen LogP contribution < -0.4 is 51.4 Å². The van der Waals surface area contributed by atoms with Gasteiger partial charge < -0.3 is 21.9 Å². The molecule has 0 fully saturated rings. The van der Waals surface area contributed by atoms with Crippen molar-refractivity contribution in [3.8, 4) is 44.5 Å². The van der Waals surface area contributed by atoms with Crippen molar-refractivity contribution in [1.29, 1.82) is 0 Å². The maximum Gasteiger partial charge on any atom is 1.00 e. The fourth-order valence-electron chi connectivity index (χ4n) is 12.6. The average Bonchev–Trinajstić information content (AvgIpc) is 4.04. The molecule has 0 atom stereocenters. The quantitative estimate of drug-likeness (QED) is 0.127. The molecule has 12 rings (SSSR count). The van der Waals surface area contributed by atoms with Crippen LogP contribution in [0.3, 0.4) is 0 Å². The fraction of sp³-hybridized carbons (Fsp3) is 0.212. The topological polar surface area (TPSA) is 149 Å². The molecule has 0 saturated heterocycles. The SMILES string of the molecule is CC(C)(C)c1ccc2c(c1)C1(c3ccccc3-2)c2cc(C(=O)O)c(C(=O)O)cc2-c2cc(C(=O)O)c(C(=O)O)cc21.Cc1cc2c(cc1C)C1(c3ccccc3-c3ccc(C(C)(C)C)cc31)c1cc(C)c(C)cc1-2.[H-].[K+]. The number of rotatable bonds is 4. The molecule has 0 unspecified atom stereocenters. The molecule has 8 aromatic rings. The first-order valence-corrected chi connectivity index (χ1v) is 25.0. The van der Waals surface area contributed by atoms with Crippen molar-refractivity contribution >= 4 is 23.9 Å². The summed E-state index contributed by atoms with van der Waals surface area (Å²) in [6, 6.07) is 44.9. The molecular formula is C66H57KO8. The number of aryl methyl sites for hydroxylation is 4. The van der Waals surface area contributed by atoms with Gasteiger partial charge in [-0.3, -0.25) is 0 Å². The Morgan fingerprint density at radius 1 is 0.333 bits per heavy atom. The van der Waals surface area contributed by atoms with Gasteiger partial charge in [-0.2, -0.15) is 0 Å². The molecule has 0 bridgehead atoms. The predicted molar refractivity (Wildman–Crippen MR) is 291 cm³/mol. The molecule has 0 radical (unpaired) electrons. The van der Waals surface area contributed by atoms with E-state index in [1.165, 1.54) is 96.6 Å². The summed E-state index contributed by atoms with van der Waals surface area (Å²) in [5, 5.41) is 39.9. The number of carboxylic acid groups (broad SMARTS) is 4. The van der Waals surface area contributed by atoms with Crippen molar-refractivity contribution in [2.75, 3.05) is 0 Å². The van der Waals surface area contributed by atoms with Crippen LogP contribution in [-0.2, 0) is 21.7 Å². The molecule has 8 aromatic carbocycles. The molecule has 0 aromatic heterocycles. The van der Waals surface area contributed by atoms with Crippen LogP contribution in [0.4, 0.5) is 0 Å². The first kappa shape index (κ1) is 51.7. The van der Waals surface area contributed by atoms with Gasteiger partial charge in [-0.25, -0.2) is 19.2 Å². The monoisotopic (exact) mass is 1020 g/mol. The van der Waals surface area contributed by atoms with Gasteiger partial charge in [0.1, 0.15) is 0 Å². The zero-order valence-corrected chi connectivity index (χ0v) is 47.2. The standard InChI is InChI=1S/C33H24O8.C33H32.K.H/c1-32(2,3)15-8-9-17-16-6-4-5-7-24(16)33(25(17)10-15)26-13-22(30(38)39)20(28(34)35)11-18(26)19-12-21(29(36)37)23(31(40)41)14-27(19)33;1-19-14-26-27-15-20(2)22(4)17-30(27)33(29(26)16-21(19)3)28-11-9-8-10-24(28)25-13-12-23(18-31(25)33)32(5,6)7;;/h4-14H,1-3H3,(H,34,35)(H,36,37)(H,38,39)(H,40,41);8-18H,1-7H3;;/q;;+1;-1. The Balaban J connectivity index is 0.000000185. The first-order valence-electron chi connectivity index (χ1n) is 25.0. The second kappa shape index (κ2) is 17.7. The molecule has 8 nitrogen and oxygen atoms in total. The fourth-order valence-corrected chi connectivity index (χ4v) is 12.6. The van der Waals surface area contributed by atoms with Crippen LogP contribution in [0.15, 0.2) is 133 Å². The van der Waals surface area contributed by atoms with Gasteiger partial charge in [0.2, 0.25) is 0 Å². The van der Waals surface area contributed by atoms with Gasteiger partial charge in [-0.15, -0.1) is 0 Å². The summed E-state index contributed by atoms with van der Waals surface area (Å²) in [7, 11) is 0. The third kappa shape index (κ3) is 7.37. The molecule has 9 heteroatoms. The van der Waals surface area contributed by atoms with Gasteiger partial charge in [0.15, 0.2) is 0 Å². The Hall–Kier alpha value is -6.72. The van der Waals surface area contributed by atoms with E-state index in [1.54, 1.807) is 0 Å². The number of fused-ring (bicyclic) bond motifs is 20. The van der Waals surface area contributed by atoms with Crippen molar-refractivity contribution < 1.29 is 92.4 Å². The third-order valence-corrected chi connectivity index (χ3v) is 16.5. The third-order valence-electron chi connectivity index (χ3n) is 16.5. The van der Waals surface area contributed by atoms with E-state index >= 15 is 0 Å². The van der Waals surface area contributed by atoms with Gasteiger partial charge in [0, 0.05) is 0 Å². The Bertz CT molecular complexity index is 3750. The van der Waals surface area contributed by atoms with E-state index in [2.05, 4.69) is 136 Å². The molecule has 4 N–H and O–H groups in total. The molecule has 0 aliphatic heterocycles. The van der Waals surface area contributed by atoms with E-state index in [4.69, 9.17) is 0 Å². The van der Waals surface area contributed by atoms with Crippen LogP contribution in [0, 0.1) is 27.7 Å². The maximum atomic E-state index is 12.3. The molecule has 0 saturated carbocycles. The number of aromatic carboxylic acids is 4. The van der Waals surface area contributed by atoms with Crippen molar-refractivity contribution in [2.24, 2.45) is 0 Å². The maximum absolute atomic E-state index is 12.3. The normalized spacial score (nSPS) is 14.0. The van der Waals surface area contributed by atoms with E-state index in [0.717, 1.165) is 27.8 Å². The molecule has 75 heavy (non-hydrogen) atoms. The summed E-state index contributed by atoms with van der Waals surface area (Å²) in [4.78, 5) is 49.1. The van der Waals surface area contributed by atoms with Crippen LogP contribution in [0.1, 0.15) is 162 Å². The summed E-state index contributed by atoms with van der Waals surface area (Å²) in [5.41, 5.74) is 20.7. The molecular weight excluding hydrogens is 960 g/mol. The minimum Gasteiger partial charge on any atom is -1.00 e. The van der Waals surface area contributed by atoms with E-state index in [1.807, 2.05) is 42.5 Å². The van der Waals surface area contributed by atoms with Crippen molar-refractivity contribution in [3.63, 3.8) is 0 Å². The minimum atomic E-state index is -1.45. The Morgan fingerprint density at radius 2 is 0.600 bits per heavy atom. The summed E-state index contributed by atoms with van der Waals surface area (Å²) in [5.74, 6) is -5.75. The van der Waals surface area contributed by atoms with Crippen molar-refractivity contribution in [1.82, 2.24) is 0 Å². The van der Waals surface area contributed by atoms with E-state index in [0.29, 0.717) is 22.3 Å². The number of carbonyl (C=O) groups is 4. The number of carboxylic acids is 4. The average molecular weight is 1020 g/mol. The minimum absolute atomic E-state index is 0. The van der Waals surface area contributed by atoms with Crippen LogP contribution in [-0.4, -0.2) is 44.3 Å². The second-order valence-corrected chi connectivity index (χ2v) is 22.7. The van der Waals surface area contributed by atoms with Crippen LogP contribution >= 0.6 is 0 Å². The first-order chi connectivity index (χ1) is 34.9. The van der Waals surface area contributed by atoms with E-state index in [-0.39, 0.29) is 69.1 Å². The zero-order valence-electron chi connectivity index (χ0n) is 45.1. The molecule has 0 amide bonds. The number of benzene rings is 8. The van der Waals surface area contributed by atoms with Crippen molar-refractivity contribution in [3.05, 3.63) is 234 Å². The Labute approximate surface area is 481 Å². The molecule has 0 heterocycles. The van der Waals surface area contributed by atoms with Gasteiger partial charge in [0.05, 0.1) is 33.1 Å². The Kier molecular flexibility index (Phi) is 12.2. The van der Waals surface area contributed by atoms with Gasteiger partial charge in [0.25, 0.3) is 0 Å². The van der Waals surface area contributed by atoms with Gasteiger partial charge in [-0.1, -0.05) is 151 Å². The predicted octanol–water partition coefficient (Wildman–Crippen LogP) is 11.8. The summed E-state index contributed by atoms with van der Waals surface area (Å²) >= 11 is 0. The molecule has 2 spiro atoms.